The Kier molecular flexibility index (Phi) is 7.62. The molecule has 0 saturated carbocycles. The smallest absolute Gasteiger partial charge is 0.259 e. The highest BCUT2D eigenvalue weighted by Crippen LogP contribution is 2.23. The van der Waals surface area contributed by atoms with Gasteiger partial charge in [-0.2, -0.15) is 0 Å². The Morgan fingerprint density at radius 2 is 1.77 bits per heavy atom. The number of methoxy groups -OCH3 is 1. The highest BCUT2D eigenvalue weighted by molar-refractivity contribution is 6.18. The zero-order valence-electron chi connectivity index (χ0n) is 16.8. The molecule has 0 aliphatic carbocycles. The predicted molar refractivity (Wildman–Crippen MR) is 118 cm³/mol. The molecule has 7 heteroatoms. The fourth-order valence-corrected chi connectivity index (χ4v) is 3.18. The minimum atomic E-state index is -0.844. The average molecular weight is 442 g/mol. The quantitative estimate of drug-likeness (QED) is 0.359. The number of alkyl halides is 1. The molecule has 0 saturated heterocycles. The standard InChI is InChI=1S/C24H21ClFNO4/c1-30-21-8-3-2-7-20(21)24(29)27-18-5-4-6-19(15-18)31-22(13-14-25)23(28)16-9-11-17(26)12-10-16/h2-12,15,22H,13-14H2,1H3,(H,27,29). The summed E-state index contributed by atoms with van der Waals surface area (Å²) in [6.07, 6.45) is -0.571. The summed E-state index contributed by atoms with van der Waals surface area (Å²) in [7, 11) is 1.50. The van der Waals surface area contributed by atoms with Crippen molar-refractivity contribution in [3.8, 4) is 11.5 Å². The fraction of sp³-hybridized carbons (Fsp3) is 0.167. The van der Waals surface area contributed by atoms with Crippen molar-refractivity contribution in [2.24, 2.45) is 0 Å². The number of carbonyl (C=O) groups excluding carboxylic acids is 2. The molecule has 160 valence electrons. The summed E-state index contributed by atoms with van der Waals surface area (Å²) >= 11 is 5.85. The van der Waals surface area contributed by atoms with Crippen molar-refractivity contribution in [2.75, 3.05) is 18.3 Å². The molecule has 0 aliphatic heterocycles. The molecule has 0 bridgehead atoms. The lowest BCUT2D eigenvalue weighted by Crippen LogP contribution is -2.28. The maximum atomic E-state index is 13.2. The van der Waals surface area contributed by atoms with E-state index in [2.05, 4.69) is 5.32 Å². The van der Waals surface area contributed by atoms with Crippen LogP contribution in [0, 0.1) is 5.82 Å². The summed E-state index contributed by atoms with van der Waals surface area (Å²) in [5.74, 6) is -0.00639. The van der Waals surface area contributed by atoms with Crippen molar-refractivity contribution in [1.29, 1.82) is 0 Å². The third-order valence-electron chi connectivity index (χ3n) is 4.51. The lowest BCUT2D eigenvalue weighted by molar-refractivity contribution is 0.0787. The number of halogens is 2. The Morgan fingerprint density at radius 1 is 1.03 bits per heavy atom. The third-order valence-corrected chi connectivity index (χ3v) is 4.73. The molecular weight excluding hydrogens is 421 g/mol. The average Bonchev–Trinajstić information content (AvgIpc) is 2.79. The number of para-hydroxylation sites is 1. The molecule has 0 heterocycles. The number of Topliss-reactive ketones (excluding diaryl/α,β-unsaturated/α-hetero) is 1. The molecule has 0 aliphatic rings. The molecular formula is C24H21ClFNO4. The van der Waals surface area contributed by atoms with E-state index in [1.807, 2.05) is 0 Å². The van der Waals surface area contributed by atoms with Gasteiger partial charge in [0.25, 0.3) is 5.91 Å². The molecule has 31 heavy (non-hydrogen) atoms. The Labute approximate surface area is 184 Å². The van der Waals surface area contributed by atoms with Gasteiger partial charge in [0.2, 0.25) is 5.78 Å². The lowest BCUT2D eigenvalue weighted by Gasteiger charge is -2.18. The first-order chi connectivity index (χ1) is 15.0. The summed E-state index contributed by atoms with van der Waals surface area (Å²) < 4.78 is 24.3. The molecule has 0 spiro atoms. The zero-order valence-corrected chi connectivity index (χ0v) is 17.6. The monoisotopic (exact) mass is 441 g/mol. The van der Waals surface area contributed by atoms with Crippen molar-refractivity contribution < 1.29 is 23.5 Å². The van der Waals surface area contributed by atoms with E-state index >= 15 is 0 Å². The molecule has 0 radical (unpaired) electrons. The lowest BCUT2D eigenvalue weighted by atomic mass is 10.0. The van der Waals surface area contributed by atoms with Gasteiger partial charge < -0.3 is 14.8 Å². The van der Waals surface area contributed by atoms with Crippen molar-refractivity contribution in [3.63, 3.8) is 0 Å². The van der Waals surface area contributed by atoms with Crippen molar-refractivity contribution in [3.05, 3.63) is 89.7 Å². The fourth-order valence-electron chi connectivity index (χ4n) is 2.98. The number of rotatable bonds is 9. The first kappa shape index (κ1) is 22.3. The summed E-state index contributed by atoms with van der Waals surface area (Å²) in [5, 5.41) is 2.79. The van der Waals surface area contributed by atoms with Gasteiger partial charge >= 0.3 is 0 Å². The van der Waals surface area contributed by atoms with Crippen LogP contribution in [0.2, 0.25) is 0 Å². The highest BCUT2D eigenvalue weighted by Gasteiger charge is 2.22. The van der Waals surface area contributed by atoms with Crippen LogP contribution >= 0.6 is 11.6 Å². The van der Waals surface area contributed by atoms with Gasteiger partial charge in [0.05, 0.1) is 12.7 Å². The number of carbonyl (C=O) groups is 2. The number of anilines is 1. The molecule has 3 aromatic carbocycles. The van der Waals surface area contributed by atoms with E-state index in [9.17, 15) is 14.0 Å². The topological polar surface area (TPSA) is 64.6 Å². The summed E-state index contributed by atoms with van der Waals surface area (Å²) in [6, 6.07) is 18.8. The number of ether oxygens (including phenoxy) is 2. The van der Waals surface area contributed by atoms with Gasteiger partial charge in [0, 0.05) is 29.6 Å². The van der Waals surface area contributed by atoms with Crippen molar-refractivity contribution in [2.45, 2.75) is 12.5 Å². The van der Waals surface area contributed by atoms with Gasteiger partial charge in [-0.15, -0.1) is 11.6 Å². The molecule has 0 fully saturated rings. The molecule has 3 aromatic rings. The van der Waals surface area contributed by atoms with Gasteiger partial charge in [-0.25, -0.2) is 4.39 Å². The molecule has 0 aromatic heterocycles. The van der Waals surface area contributed by atoms with E-state index < -0.39 is 11.9 Å². The van der Waals surface area contributed by atoms with Gasteiger partial charge in [0.15, 0.2) is 6.10 Å². The van der Waals surface area contributed by atoms with E-state index in [4.69, 9.17) is 21.1 Å². The number of amides is 1. The summed E-state index contributed by atoms with van der Waals surface area (Å²) in [5.41, 5.74) is 1.22. The second-order valence-electron chi connectivity index (χ2n) is 6.64. The number of hydrogen-bond donors (Lipinski definition) is 1. The minimum absolute atomic E-state index is 0.210. The maximum absolute atomic E-state index is 13.2. The second kappa shape index (κ2) is 10.6. The third kappa shape index (κ3) is 5.83. The zero-order chi connectivity index (χ0) is 22.2. The van der Waals surface area contributed by atoms with Crippen LogP contribution in [-0.2, 0) is 0 Å². The summed E-state index contributed by atoms with van der Waals surface area (Å²) in [6.45, 7) is 0. The largest absolute Gasteiger partial charge is 0.496 e. The van der Waals surface area contributed by atoms with Gasteiger partial charge in [-0.3, -0.25) is 9.59 Å². The predicted octanol–water partition coefficient (Wildman–Crippen LogP) is 5.35. The highest BCUT2D eigenvalue weighted by atomic mass is 35.5. The number of ketones is 1. The van der Waals surface area contributed by atoms with Gasteiger partial charge in [-0.1, -0.05) is 18.2 Å². The van der Waals surface area contributed by atoms with Crippen LogP contribution in [0.25, 0.3) is 0 Å². The Hall–Kier alpha value is -3.38. The summed E-state index contributed by atoms with van der Waals surface area (Å²) in [4.78, 5) is 25.4. The normalized spacial score (nSPS) is 11.5. The number of benzene rings is 3. The van der Waals surface area contributed by atoms with Crippen LogP contribution in [-0.4, -0.2) is 30.8 Å². The van der Waals surface area contributed by atoms with Crippen molar-refractivity contribution in [1.82, 2.24) is 0 Å². The van der Waals surface area contributed by atoms with Crippen LogP contribution in [0.3, 0.4) is 0 Å². The van der Waals surface area contributed by atoms with E-state index in [0.717, 1.165) is 0 Å². The molecule has 1 amide bonds. The minimum Gasteiger partial charge on any atom is -0.496 e. The SMILES string of the molecule is COc1ccccc1C(=O)Nc1cccc(OC(CCCl)C(=O)c2ccc(F)cc2)c1. The second-order valence-corrected chi connectivity index (χ2v) is 7.02. The van der Waals surface area contributed by atoms with Crippen LogP contribution < -0.4 is 14.8 Å². The first-order valence-electron chi connectivity index (χ1n) is 9.58. The van der Waals surface area contributed by atoms with Gasteiger partial charge in [-0.05, 0) is 48.5 Å². The van der Waals surface area contributed by atoms with Gasteiger partial charge in [0.1, 0.15) is 17.3 Å². The Morgan fingerprint density at radius 3 is 2.48 bits per heavy atom. The van der Waals surface area contributed by atoms with E-state index in [1.54, 1.807) is 48.5 Å². The van der Waals surface area contributed by atoms with Crippen LogP contribution in [0.5, 0.6) is 11.5 Å². The van der Waals surface area contributed by atoms with Crippen LogP contribution in [0.4, 0.5) is 10.1 Å². The molecule has 1 unspecified atom stereocenters. The van der Waals surface area contributed by atoms with E-state index in [-0.39, 0.29) is 24.0 Å². The number of nitrogens with one attached hydrogen (secondary N) is 1. The Bertz CT molecular complexity index is 1060. The van der Waals surface area contributed by atoms with E-state index in [0.29, 0.717) is 28.3 Å². The first-order valence-corrected chi connectivity index (χ1v) is 10.1. The number of hydrogen-bond acceptors (Lipinski definition) is 4. The molecule has 3 rings (SSSR count). The van der Waals surface area contributed by atoms with Crippen LogP contribution in [0.1, 0.15) is 27.1 Å². The molecule has 1 N–H and O–H groups in total. The van der Waals surface area contributed by atoms with Crippen molar-refractivity contribution >= 4 is 29.0 Å². The molecule has 1 atom stereocenters. The maximum Gasteiger partial charge on any atom is 0.259 e. The van der Waals surface area contributed by atoms with E-state index in [1.165, 1.54) is 31.4 Å². The molecule has 5 nitrogen and oxygen atoms in total. The Balaban J connectivity index is 1.75. The van der Waals surface area contributed by atoms with Crippen LogP contribution in [0.15, 0.2) is 72.8 Å².